The summed E-state index contributed by atoms with van der Waals surface area (Å²) in [6, 6.07) is 13.8. The van der Waals surface area contributed by atoms with Gasteiger partial charge in [0.1, 0.15) is 12.4 Å². The van der Waals surface area contributed by atoms with Crippen molar-refractivity contribution in [2.24, 2.45) is 17.8 Å². The highest BCUT2D eigenvalue weighted by Gasteiger charge is 2.33. The van der Waals surface area contributed by atoms with Crippen molar-refractivity contribution in [3.8, 4) is 5.75 Å². The number of benzene rings is 1. The molecule has 1 saturated heterocycles. The molecule has 190 valence electrons. The number of hydrogen-bond acceptors (Lipinski definition) is 5. The third kappa shape index (κ3) is 6.72. The second-order valence-electron chi connectivity index (χ2n) is 10.3. The molecule has 2 aliphatic heterocycles. The van der Waals surface area contributed by atoms with Gasteiger partial charge in [0.25, 0.3) is 0 Å². The number of para-hydroxylation sites is 1. The molecule has 1 N–H and O–H groups in total. The van der Waals surface area contributed by atoms with Gasteiger partial charge < -0.3 is 15.0 Å². The summed E-state index contributed by atoms with van der Waals surface area (Å²) >= 11 is 0. The van der Waals surface area contributed by atoms with E-state index in [2.05, 4.69) is 27.3 Å². The number of amides is 2. The van der Waals surface area contributed by atoms with Crippen LogP contribution in [-0.4, -0.2) is 59.4 Å². The minimum Gasteiger partial charge on any atom is -0.489 e. The van der Waals surface area contributed by atoms with Gasteiger partial charge in [-0.2, -0.15) is 0 Å². The lowest BCUT2D eigenvalue weighted by atomic mass is 9.82. The Hall–Kier alpha value is -3.19. The van der Waals surface area contributed by atoms with Crippen LogP contribution in [0.25, 0.3) is 0 Å². The Morgan fingerprint density at radius 1 is 1.08 bits per heavy atom. The summed E-state index contributed by atoms with van der Waals surface area (Å²) in [4.78, 5) is 34.7. The molecule has 1 aliphatic carbocycles. The van der Waals surface area contributed by atoms with Crippen molar-refractivity contribution in [2.45, 2.75) is 38.8 Å². The van der Waals surface area contributed by atoms with Gasteiger partial charge in [-0.05, 0) is 55.2 Å². The largest absolute Gasteiger partial charge is 0.489 e. The number of carbonyl (C=O) groups excluding carboxylic acids is 2. The molecule has 3 heterocycles. The number of piperidine rings is 1. The van der Waals surface area contributed by atoms with E-state index in [1.165, 1.54) is 12.8 Å². The van der Waals surface area contributed by atoms with Crippen LogP contribution in [0.2, 0.25) is 0 Å². The molecule has 3 aliphatic rings. The number of carbonyl (C=O) groups is 2. The lowest BCUT2D eigenvalue weighted by molar-refractivity contribution is -0.135. The third-order valence-electron chi connectivity index (χ3n) is 7.46. The van der Waals surface area contributed by atoms with Gasteiger partial charge in [0.15, 0.2) is 0 Å². The third-order valence-corrected chi connectivity index (χ3v) is 7.46. The first-order valence-electron chi connectivity index (χ1n) is 13.2. The summed E-state index contributed by atoms with van der Waals surface area (Å²) < 4.78 is 6.14. The van der Waals surface area contributed by atoms with E-state index in [1.807, 2.05) is 47.4 Å². The van der Waals surface area contributed by atoms with E-state index < -0.39 is 0 Å². The zero-order chi connectivity index (χ0) is 24.7. The Kier molecular flexibility index (Phi) is 7.96. The molecule has 7 heteroatoms. The molecule has 0 spiro atoms. The zero-order valence-corrected chi connectivity index (χ0v) is 20.9. The number of nitrogens with zero attached hydrogens (tertiary/aromatic N) is 3. The predicted octanol–water partition coefficient (Wildman–Crippen LogP) is 3.41. The molecule has 2 bridgehead atoms. The van der Waals surface area contributed by atoms with Crippen molar-refractivity contribution in [2.75, 3.05) is 32.8 Å². The molecule has 7 nitrogen and oxygen atoms in total. The van der Waals surface area contributed by atoms with Crippen molar-refractivity contribution in [3.05, 3.63) is 72.1 Å². The van der Waals surface area contributed by atoms with Crippen LogP contribution in [0.1, 0.15) is 36.9 Å². The summed E-state index contributed by atoms with van der Waals surface area (Å²) in [6.07, 6.45) is 9.71. The van der Waals surface area contributed by atoms with Crippen molar-refractivity contribution in [3.63, 3.8) is 0 Å². The second-order valence-corrected chi connectivity index (χ2v) is 10.3. The molecule has 2 amide bonds. The molecule has 2 fully saturated rings. The first-order valence-corrected chi connectivity index (χ1v) is 13.2. The zero-order valence-electron chi connectivity index (χ0n) is 20.9. The topological polar surface area (TPSA) is 74.8 Å². The maximum absolute atomic E-state index is 13.4. The molecule has 1 aromatic heterocycles. The van der Waals surface area contributed by atoms with Crippen molar-refractivity contribution < 1.29 is 14.3 Å². The SMILES string of the molecule is O=C(C[C@@H]1CCN2C[C@@H]1/C=C\COc1ccccc1CN(CC1CC1)CC2=O)NCc1ccccn1. The van der Waals surface area contributed by atoms with Gasteiger partial charge in [-0.1, -0.05) is 36.4 Å². The van der Waals surface area contributed by atoms with E-state index in [9.17, 15) is 9.59 Å². The van der Waals surface area contributed by atoms with Crippen LogP contribution < -0.4 is 10.1 Å². The Labute approximate surface area is 213 Å². The smallest absolute Gasteiger partial charge is 0.236 e. The van der Waals surface area contributed by atoms with Crippen molar-refractivity contribution >= 4 is 11.8 Å². The van der Waals surface area contributed by atoms with E-state index in [1.54, 1.807) is 6.20 Å². The normalized spacial score (nSPS) is 23.9. The molecule has 2 aromatic rings. The minimum atomic E-state index is 0.0301. The van der Waals surface area contributed by atoms with Crippen LogP contribution in [0.3, 0.4) is 0 Å². The summed E-state index contributed by atoms with van der Waals surface area (Å²) in [5.41, 5.74) is 1.97. The fraction of sp³-hybridized carbons (Fsp3) is 0.483. The number of hydrogen-bond donors (Lipinski definition) is 1. The first-order chi connectivity index (χ1) is 17.6. The molecule has 0 unspecified atom stereocenters. The maximum atomic E-state index is 13.4. The van der Waals surface area contributed by atoms with Crippen LogP contribution in [0.5, 0.6) is 5.75 Å². The van der Waals surface area contributed by atoms with Crippen LogP contribution in [0, 0.1) is 17.8 Å². The Bertz CT molecular complexity index is 1070. The number of ether oxygens (including phenoxy) is 1. The minimum absolute atomic E-state index is 0.0301. The Morgan fingerprint density at radius 2 is 1.94 bits per heavy atom. The fourth-order valence-electron chi connectivity index (χ4n) is 5.26. The van der Waals surface area contributed by atoms with Crippen molar-refractivity contribution in [1.29, 1.82) is 0 Å². The number of nitrogens with one attached hydrogen (secondary N) is 1. The summed E-state index contributed by atoms with van der Waals surface area (Å²) in [6.45, 7) is 4.36. The van der Waals surface area contributed by atoms with E-state index in [-0.39, 0.29) is 23.7 Å². The van der Waals surface area contributed by atoms with Crippen LogP contribution >= 0.6 is 0 Å². The van der Waals surface area contributed by atoms with E-state index in [4.69, 9.17) is 4.74 Å². The predicted molar refractivity (Wildman–Crippen MR) is 138 cm³/mol. The van der Waals surface area contributed by atoms with Crippen LogP contribution in [0.4, 0.5) is 0 Å². The van der Waals surface area contributed by atoms with Gasteiger partial charge in [0.2, 0.25) is 11.8 Å². The molecular formula is C29H36N4O3. The van der Waals surface area contributed by atoms with E-state index in [0.717, 1.165) is 36.5 Å². The summed E-state index contributed by atoms with van der Waals surface area (Å²) in [5.74, 6) is 2.11. The van der Waals surface area contributed by atoms with Crippen LogP contribution in [0.15, 0.2) is 60.8 Å². The number of fused-ring (bicyclic) bond motifs is 3. The average molecular weight is 489 g/mol. The van der Waals surface area contributed by atoms with E-state index >= 15 is 0 Å². The number of aromatic nitrogens is 1. The maximum Gasteiger partial charge on any atom is 0.236 e. The number of pyridine rings is 1. The molecule has 1 saturated carbocycles. The molecule has 0 radical (unpaired) electrons. The Balaban J connectivity index is 1.27. The van der Waals surface area contributed by atoms with Gasteiger partial charge >= 0.3 is 0 Å². The van der Waals surface area contributed by atoms with Gasteiger partial charge in [-0.25, -0.2) is 0 Å². The lowest BCUT2D eigenvalue weighted by Crippen LogP contribution is -2.48. The lowest BCUT2D eigenvalue weighted by Gasteiger charge is -2.38. The van der Waals surface area contributed by atoms with Gasteiger partial charge in [0, 0.05) is 44.4 Å². The summed E-state index contributed by atoms with van der Waals surface area (Å²) in [5, 5.41) is 3.01. The molecule has 2 atom stereocenters. The Morgan fingerprint density at radius 3 is 2.78 bits per heavy atom. The van der Waals surface area contributed by atoms with Crippen LogP contribution in [-0.2, 0) is 22.7 Å². The van der Waals surface area contributed by atoms with Crippen molar-refractivity contribution in [1.82, 2.24) is 20.1 Å². The first kappa shape index (κ1) is 24.5. The van der Waals surface area contributed by atoms with Gasteiger partial charge in [-0.3, -0.25) is 19.5 Å². The standard InChI is InChI=1S/C29H36N4O3/c34-28(31-17-26-8-3-4-13-30-26)16-23-12-14-33-20-24(23)7-5-15-36-27-9-2-1-6-25(27)19-32(21-29(33)35)18-22-10-11-22/h1-9,13,22-24H,10-12,14-21H2,(H,31,34)/b7-5-/t23-,24-/m0/s1. The molecule has 1 aromatic carbocycles. The van der Waals surface area contributed by atoms with Gasteiger partial charge in [-0.15, -0.1) is 0 Å². The highest BCUT2D eigenvalue weighted by Crippen LogP contribution is 2.32. The highest BCUT2D eigenvalue weighted by atomic mass is 16.5. The highest BCUT2D eigenvalue weighted by molar-refractivity contribution is 5.79. The molecular weight excluding hydrogens is 452 g/mol. The second kappa shape index (κ2) is 11.7. The molecule has 36 heavy (non-hydrogen) atoms. The number of rotatable bonds is 6. The quantitative estimate of drug-likeness (QED) is 0.631. The summed E-state index contributed by atoms with van der Waals surface area (Å²) in [7, 11) is 0. The average Bonchev–Trinajstić information content (AvgIpc) is 3.71. The monoisotopic (exact) mass is 488 g/mol. The molecule has 5 rings (SSSR count). The van der Waals surface area contributed by atoms with Gasteiger partial charge in [0.05, 0.1) is 18.8 Å². The fourth-order valence-corrected chi connectivity index (χ4v) is 5.26. The van der Waals surface area contributed by atoms with E-state index in [0.29, 0.717) is 45.1 Å².